The number of hydrogen-bond acceptors (Lipinski definition) is 7. The lowest BCUT2D eigenvalue weighted by Crippen LogP contribution is -2.43. The minimum atomic E-state index is -2.65. The van der Waals surface area contributed by atoms with Crippen molar-refractivity contribution in [3.8, 4) is 0 Å². The molecule has 0 heterocycles. The van der Waals surface area contributed by atoms with Crippen molar-refractivity contribution in [2.75, 3.05) is 7.11 Å². The van der Waals surface area contributed by atoms with Crippen LogP contribution in [0.15, 0.2) is 0 Å². The Morgan fingerprint density at radius 3 is 1.94 bits per heavy atom. The van der Waals surface area contributed by atoms with E-state index in [9.17, 15) is 24.3 Å². The summed E-state index contributed by atoms with van der Waals surface area (Å²) >= 11 is 0. The molecule has 0 fully saturated rings. The van der Waals surface area contributed by atoms with Gasteiger partial charge in [0, 0.05) is 6.92 Å². The third kappa shape index (κ3) is 5.07. The number of methoxy groups -OCH3 is 1. The van der Waals surface area contributed by atoms with Crippen molar-refractivity contribution in [1.29, 1.82) is 0 Å². The van der Waals surface area contributed by atoms with Crippen molar-refractivity contribution in [1.82, 2.24) is 0 Å². The van der Waals surface area contributed by atoms with Gasteiger partial charge in [-0.15, -0.1) is 0 Å². The first-order valence-electron chi connectivity index (χ1n) is 4.45. The highest BCUT2D eigenvalue weighted by Gasteiger charge is 2.42. The van der Waals surface area contributed by atoms with Gasteiger partial charge in [0.05, 0.1) is 20.0 Å². The van der Waals surface area contributed by atoms with Crippen LogP contribution in [0.25, 0.3) is 0 Å². The summed E-state index contributed by atoms with van der Waals surface area (Å²) in [4.78, 5) is 43.1. The lowest BCUT2D eigenvalue weighted by molar-refractivity contribution is -0.174. The Morgan fingerprint density at radius 1 is 1.12 bits per heavy atom. The summed E-state index contributed by atoms with van der Waals surface area (Å²) < 4.78 is 8.24. The maximum atomic E-state index is 11.0. The van der Waals surface area contributed by atoms with Crippen molar-refractivity contribution >= 4 is 23.9 Å². The van der Waals surface area contributed by atoms with Crippen LogP contribution >= 0.6 is 0 Å². The van der Waals surface area contributed by atoms with E-state index in [1.54, 1.807) is 0 Å². The zero-order valence-corrected chi connectivity index (χ0v) is 9.26. The van der Waals surface area contributed by atoms with Crippen molar-refractivity contribution in [2.45, 2.75) is 25.4 Å². The molecular weight excluding hydrogens is 236 g/mol. The summed E-state index contributed by atoms with van der Waals surface area (Å²) in [5.74, 6) is -4.99. The van der Waals surface area contributed by atoms with Crippen molar-refractivity contribution in [3.63, 3.8) is 0 Å². The van der Waals surface area contributed by atoms with Crippen molar-refractivity contribution < 1.29 is 38.9 Å². The first kappa shape index (κ1) is 15.0. The quantitative estimate of drug-likeness (QED) is 0.461. The first-order chi connectivity index (χ1) is 7.71. The molecule has 0 aromatic heterocycles. The number of carboxylic acid groups (broad SMARTS) is 1. The summed E-state index contributed by atoms with van der Waals surface area (Å²) in [6.45, 7) is 0.942. The number of aliphatic hydroxyl groups is 1. The average Bonchev–Trinajstić information content (AvgIpc) is 2.15. The lowest BCUT2D eigenvalue weighted by atomic mass is 9.96. The lowest BCUT2D eigenvalue weighted by Gasteiger charge is -2.20. The van der Waals surface area contributed by atoms with E-state index in [4.69, 9.17) is 5.11 Å². The van der Waals surface area contributed by atoms with Gasteiger partial charge in [0.25, 0.3) is 0 Å². The van der Waals surface area contributed by atoms with Crippen LogP contribution in [0.2, 0.25) is 0 Å². The molecule has 0 rings (SSSR count). The molecule has 8 nitrogen and oxygen atoms in total. The Hall–Kier alpha value is -1.96. The summed E-state index contributed by atoms with van der Waals surface area (Å²) in [5, 5.41) is 18.3. The molecule has 0 aromatic rings. The number of rotatable bonds is 5. The van der Waals surface area contributed by atoms with E-state index in [1.165, 1.54) is 0 Å². The minimum absolute atomic E-state index is 0.925. The van der Waals surface area contributed by atoms with Crippen LogP contribution in [0.3, 0.4) is 0 Å². The van der Waals surface area contributed by atoms with E-state index >= 15 is 0 Å². The van der Waals surface area contributed by atoms with Gasteiger partial charge in [-0.05, 0) is 0 Å². The van der Waals surface area contributed by atoms with Gasteiger partial charge in [-0.1, -0.05) is 0 Å². The van der Waals surface area contributed by atoms with E-state index in [0.717, 1.165) is 14.0 Å². The second kappa shape index (κ2) is 5.94. The molecule has 8 heteroatoms. The number of hydrogen-bond donors (Lipinski definition) is 2. The van der Waals surface area contributed by atoms with Gasteiger partial charge in [0.2, 0.25) is 0 Å². The van der Waals surface area contributed by atoms with Gasteiger partial charge in [-0.25, -0.2) is 4.79 Å². The highest BCUT2D eigenvalue weighted by atomic mass is 16.6. The Bertz CT molecular complexity index is 347. The topological polar surface area (TPSA) is 127 Å². The van der Waals surface area contributed by atoms with Crippen LogP contribution in [0.5, 0.6) is 0 Å². The maximum absolute atomic E-state index is 11.0. The third-order valence-electron chi connectivity index (χ3n) is 1.76. The molecule has 96 valence electrons. The summed E-state index contributed by atoms with van der Waals surface area (Å²) in [6.07, 6.45) is -1.96. The molecule has 0 radical (unpaired) electrons. The Kier molecular flexibility index (Phi) is 5.26. The van der Waals surface area contributed by atoms with Crippen LogP contribution < -0.4 is 0 Å². The average molecular weight is 248 g/mol. The maximum Gasteiger partial charge on any atom is 0.336 e. The molecule has 0 saturated heterocycles. The fraction of sp³-hybridized carbons (Fsp3) is 0.556. The summed E-state index contributed by atoms with van der Waals surface area (Å²) in [5.41, 5.74) is -2.65. The molecule has 1 atom stereocenters. The predicted molar refractivity (Wildman–Crippen MR) is 50.6 cm³/mol. The molecule has 0 amide bonds. The van der Waals surface area contributed by atoms with E-state index < -0.39 is 42.3 Å². The fourth-order valence-electron chi connectivity index (χ4n) is 0.960. The molecule has 1 unspecified atom stereocenters. The van der Waals surface area contributed by atoms with Gasteiger partial charge in [-0.3, -0.25) is 14.4 Å². The number of carboxylic acids is 1. The zero-order chi connectivity index (χ0) is 13.6. The SMILES string of the molecule is COC(=O)CC(O)(CC(=O)OC(C)=O)C(=O)O. The number of carbonyl (C=O) groups is 4. The van der Waals surface area contributed by atoms with Gasteiger partial charge in [0.1, 0.15) is 0 Å². The fourth-order valence-corrected chi connectivity index (χ4v) is 0.960. The zero-order valence-electron chi connectivity index (χ0n) is 9.26. The van der Waals surface area contributed by atoms with Crippen LogP contribution in [0.1, 0.15) is 19.8 Å². The molecule has 0 aromatic carbocycles. The molecule has 0 aliphatic carbocycles. The molecule has 2 N–H and O–H groups in total. The van der Waals surface area contributed by atoms with Gasteiger partial charge < -0.3 is 19.7 Å². The van der Waals surface area contributed by atoms with Crippen molar-refractivity contribution in [2.24, 2.45) is 0 Å². The molecule has 17 heavy (non-hydrogen) atoms. The first-order valence-corrected chi connectivity index (χ1v) is 4.45. The molecule has 0 aliphatic rings. The van der Waals surface area contributed by atoms with E-state index in [0.29, 0.717) is 0 Å². The molecule has 0 spiro atoms. The monoisotopic (exact) mass is 248 g/mol. The van der Waals surface area contributed by atoms with Crippen LogP contribution in [0.4, 0.5) is 0 Å². The predicted octanol–water partition coefficient (Wildman–Crippen LogP) is -1.15. The normalized spacial score (nSPS) is 13.4. The number of carbonyl (C=O) groups excluding carboxylic acids is 3. The minimum Gasteiger partial charge on any atom is -0.479 e. The molecule has 0 bridgehead atoms. The van der Waals surface area contributed by atoms with Crippen LogP contribution in [-0.4, -0.2) is 46.8 Å². The highest BCUT2D eigenvalue weighted by molar-refractivity contribution is 5.91. The molecule has 0 saturated carbocycles. The smallest absolute Gasteiger partial charge is 0.336 e. The summed E-state index contributed by atoms with van der Waals surface area (Å²) in [6, 6.07) is 0. The van der Waals surface area contributed by atoms with Gasteiger partial charge in [0.15, 0.2) is 5.60 Å². The van der Waals surface area contributed by atoms with E-state index in [-0.39, 0.29) is 0 Å². The van der Waals surface area contributed by atoms with Crippen molar-refractivity contribution in [3.05, 3.63) is 0 Å². The Morgan fingerprint density at radius 2 is 1.59 bits per heavy atom. The van der Waals surface area contributed by atoms with Gasteiger partial charge >= 0.3 is 23.9 Å². The number of ether oxygens (including phenoxy) is 2. The summed E-state index contributed by atoms with van der Waals surface area (Å²) in [7, 11) is 0.999. The third-order valence-corrected chi connectivity index (χ3v) is 1.76. The molecular formula is C9H12O8. The van der Waals surface area contributed by atoms with E-state index in [2.05, 4.69) is 9.47 Å². The molecule has 0 aliphatic heterocycles. The highest BCUT2D eigenvalue weighted by Crippen LogP contribution is 2.17. The van der Waals surface area contributed by atoms with E-state index in [1.807, 2.05) is 0 Å². The Balaban J connectivity index is 4.73. The second-order valence-corrected chi connectivity index (χ2v) is 3.23. The van der Waals surface area contributed by atoms with Crippen LogP contribution in [-0.2, 0) is 28.7 Å². The number of aliphatic carboxylic acids is 1. The Labute approximate surface area is 96.1 Å². The largest absolute Gasteiger partial charge is 0.479 e. The number of esters is 3. The second-order valence-electron chi connectivity index (χ2n) is 3.23. The van der Waals surface area contributed by atoms with Gasteiger partial charge in [-0.2, -0.15) is 0 Å². The standard InChI is InChI=1S/C9H12O8/c1-5(10)17-7(12)4-9(15,8(13)14)3-6(11)16-2/h15H,3-4H2,1-2H3,(H,13,14). The van der Waals surface area contributed by atoms with Crippen LogP contribution in [0, 0.1) is 0 Å².